The fraction of sp³-hybridized carbons (Fsp3) is 0.474. The molecule has 2 aliphatic rings. The van der Waals surface area contributed by atoms with Gasteiger partial charge in [-0.15, -0.1) is 0 Å². The number of nitrogens with zero attached hydrogens (tertiary/aromatic N) is 2. The highest BCUT2D eigenvalue weighted by molar-refractivity contribution is 5.93. The number of anilines is 1. The molecule has 132 valence electrons. The summed E-state index contributed by atoms with van der Waals surface area (Å²) in [6, 6.07) is 7.84. The molecule has 0 aliphatic heterocycles. The summed E-state index contributed by atoms with van der Waals surface area (Å²) in [5, 5.41) is 6.66. The van der Waals surface area contributed by atoms with Crippen molar-refractivity contribution in [1.29, 1.82) is 0 Å². The monoisotopic (exact) mass is 345 g/mol. The SMILES string of the molecule is Cn1cc(CC(=O)Nc2ccccc2C2CC2C2CC2)c(C(F)F)n1. The number of carbonyl (C=O) groups excluding carboxylic acids is 1. The maximum Gasteiger partial charge on any atom is 0.282 e. The number of hydrogen-bond acceptors (Lipinski definition) is 2. The van der Waals surface area contributed by atoms with Gasteiger partial charge in [0.05, 0.1) is 6.42 Å². The fourth-order valence-corrected chi connectivity index (χ4v) is 3.79. The molecule has 2 aromatic rings. The third-order valence-corrected chi connectivity index (χ3v) is 5.20. The number of amides is 1. The average molecular weight is 345 g/mol. The van der Waals surface area contributed by atoms with Crippen molar-refractivity contribution in [3.8, 4) is 0 Å². The summed E-state index contributed by atoms with van der Waals surface area (Å²) in [5.41, 5.74) is 1.94. The van der Waals surface area contributed by atoms with E-state index in [4.69, 9.17) is 0 Å². The first-order valence-corrected chi connectivity index (χ1v) is 8.72. The zero-order valence-corrected chi connectivity index (χ0v) is 14.1. The van der Waals surface area contributed by atoms with Crippen molar-refractivity contribution in [1.82, 2.24) is 9.78 Å². The van der Waals surface area contributed by atoms with E-state index in [1.54, 1.807) is 7.05 Å². The van der Waals surface area contributed by atoms with E-state index in [9.17, 15) is 13.6 Å². The summed E-state index contributed by atoms with van der Waals surface area (Å²) in [5.74, 6) is 1.85. The molecule has 0 spiro atoms. The van der Waals surface area contributed by atoms with Crippen LogP contribution >= 0.6 is 0 Å². The highest BCUT2D eigenvalue weighted by Gasteiger charge is 2.48. The zero-order valence-electron chi connectivity index (χ0n) is 14.1. The van der Waals surface area contributed by atoms with Crippen molar-refractivity contribution in [3.05, 3.63) is 47.3 Å². The Bertz CT molecular complexity index is 798. The van der Waals surface area contributed by atoms with Crippen LogP contribution < -0.4 is 5.32 Å². The molecule has 0 radical (unpaired) electrons. The van der Waals surface area contributed by atoms with Crippen molar-refractivity contribution < 1.29 is 13.6 Å². The Morgan fingerprint density at radius 1 is 1.36 bits per heavy atom. The summed E-state index contributed by atoms with van der Waals surface area (Å²) in [6.07, 6.45) is 2.55. The van der Waals surface area contributed by atoms with Gasteiger partial charge in [-0.05, 0) is 48.6 Å². The molecule has 25 heavy (non-hydrogen) atoms. The Morgan fingerprint density at radius 3 is 2.84 bits per heavy atom. The van der Waals surface area contributed by atoms with Crippen LogP contribution in [0.15, 0.2) is 30.5 Å². The molecule has 1 N–H and O–H groups in total. The maximum absolute atomic E-state index is 13.0. The van der Waals surface area contributed by atoms with Crippen LogP contribution in [-0.4, -0.2) is 15.7 Å². The lowest BCUT2D eigenvalue weighted by molar-refractivity contribution is -0.115. The van der Waals surface area contributed by atoms with Crippen LogP contribution in [-0.2, 0) is 18.3 Å². The molecule has 1 aromatic heterocycles. The first-order valence-electron chi connectivity index (χ1n) is 8.72. The first kappa shape index (κ1) is 16.2. The van der Waals surface area contributed by atoms with E-state index in [1.165, 1.54) is 35.7 Å². The molecule has 2 aliphatic carbocycles. The molecule has 2 fully saturated rings. The van der Waals surface area contributed by atoms with Gasteiger partial charge in [-0.25, -0.2) is 8.78 Å². The van der Waals surface area contributed by atoms with E-state index in [0.717, 1.165) is 17.5 Å². The highest BCUT2D eigenvalue weighted by Crippen LogP contribution is 2.60. The van der Waals surface area contributed by atoms with Gasteiger partial charge in [-0.2, -0.15) is 5.10 Å². The van der Waals surface area contributed by atoms with Crippen molar-refractivity contribution in [2.24, 2.45) is 18.9 Å². The van der Waals surface area contributed by atoms with Crippen molar-refractivity contribution in [2.45, 2.75) is 38.0 Å². The number of aryl methyl sites for hydroxylation is 1. The lowest BCUT2D eigenvalue weighted by Crippen LogP contribution is -2.16. The van der Waals surface area contributed by atoms with Gasteiger partial charge in [-0.3, -0.25) is 9.48 Å². The third-order valence-electron chi connectivity index (χ3n) is 5.20. The van der Waals surface area contributed by atoms with Crippen LogP contribution in [0, 0.1) is 11.8 Å². The fourth-order valence-electron chi connectivity index (χ4n) is 3.79. The molecule has 6 heteroatoms. The number of para-hydroxylation sites is 1. The van der Waals surface area contributed by atoms with Gasteiger partial charge in [0.1, 0.15) is 5.69 Å². The predicted octanol–water partition coefficient (Wildman–Crippen LogP) is 4.05. The Kier molecular flexibility index (Phi) is 4.06. The quantitative estimate of drug-likeness (QED) is 0.858. The minimum Gasteiger partial charge on any atom is -0.326 e. The topological polar surface area (TPSA) is 46.9 Å². The normalized spacial score (nSPS) is 22.2. The summed E-state index contributed by atoms with van der Waals surface area (Å²) in [4.78, 5) is 12.4. The minimum atomic E-state index is -2.68. The Labute approximate surface area is 145 Å². The van der Waals surface area contributed by atoms with E-state index in [1.807, 2.05) is 18.2 Å². The maximum atomic E-state index is 13.0. The molecule has 1 aromatic carbocycles. The molecule has 4 nitrogen and oxygen atoms in total. The molecular weight excluding hydrogens is 324 g/mol. The van der Waals surface area contributed by atoms with Gasteiger partial charge in [-0.1, -0.05) is 18.2 Å². The minimum absolute atomic E-state index is 0.0986. The number of hydrogen-bond donors (Lipinski definition) is 1. The molecule has 2 unspecified atom stereocenters. The molecule has 1 heterocycles. The summed E-state index contributed by atoms with van der Waals surface area (Å²) >= 11 is 0. The third kappa shape index (κ3) is 3.43. The lowest BCUT2D eigenvalue weighted by atomic mass is 10.0. The number of halogens is 2. The van der Waals surface area contributed by atoms with Crippen LogP contribution in [0.5, 0.6) is 0 Å². The van der Waals surface area contributed by atoms with Gasteiger partial charge in [0, 0.05) is 24.5 Å². The zero-order chi connectivity index (χ0) is 17.6. The molecular formula is C19H21F2N3O. The van der Waals surface area contributed by atoms with E-state index in [-0.39, 0.29) is 23.6 Å². The van der Waals surface area contributed by atoms with Crippen LogP contribution in [0.25, 0.3) is 0 Å². The van der Waals surface area contributed by atoms with Gasteiger partial charge in [0.15, 0.2) is 0 Å². The molecule has 1 amide bonds. The van der Waals surface area contributed by atoms with Gasteiger partial charge in [0.25, 0.3) is 6.43 Å². The smallest absolute Gasteiger partial charge is 0.282 e. The van der Waals surface area contributed by atoms with Gasteiger partial charge >= 0.3 is 0 Å². The van der Waals surface area contributed by atoms with Crippen LogP contribution in [0.3, 0.4) is 0 Å². The van der Waals surface area contributed by atoms with Crippen LogP contribution in [0.1, 0.15) is 48.4 Å². The predicted molar refractivity (Wildman–Crippen MR) is 90.5 cm³/mol. The number of nitrogens with one attached hydrogen (secondary N) is 1. The van der Waals surface area contributed by atoms with Crippen molar-refractivity contribution >= 4 is 11.6 Å². The van der Waals surface area contributed by atoms with Crippen LogP contribution in [0.4, 0.5) is 14.5 Å². The first-order chi connectivity index (χ1) is 12.0. The van der Waals surface area contributed by atoms with Crippen LogP contribution in [0.2, 0.25) is 0 Å². The number of aromatic nitrogens is 2. The van der Waals surface area contributed by atoms with Crippen molar-refractivity contribution in [3.63, 3.8) is 0 Å². The summed E-state index contributed by atoms with van der Waals surface area (Å²) < 4.78 is 27.3. The highest BCUT2D eigenvalue weighted by atomic mass is 19.3. The largest absolute Gasteiger partial charge is 0.326 e. The van der Waals surface area contributed by atoms with E-state index in [0.29, 0.717) is 5.92 Å². The average Bonchev–Trinajstić information content (AvgIpc) is 3.45. The Morgan fingerprint density at radius 2 is 2.12 bits per heavy atom. The van der Waals surface area contributed by atoms with E-state index < -0.39 is 6.43 Å². The summed E-state index contributed by atoms with van der Waals surface area (Å²) in [6.45, 7) is 0. The summed E-state index contributed by atoms with van der Waals surface area (Å²) in [7, 11) is 1.58. The molecule has 4 rings (SSSR count). The molecule has 2 atom stereocenters. The van der Waals surface area contributed by atoms with Gasteiger partial charge < -0.3 is 5.32 Å². The second-order valence-electron chi connectivity index (χ2n) is 7.17. The molecule has 0 bridgehead atoms. The molecule has 2 saturated carbocycles. The van der Waals surface area contributed by atoms with E-state index in [2.05, 4.69) is 16.5 Å². The number of carbonyl (C=O) groups is 1. The number of rotatable bonds is 6. The number of benzene rings is 1. The lowest BCUT2D eigenvalue weighted by Gasteiger charge is -2.11. The molecule has 0 saturated heterocycles. The standard InChI is InChI=1S/C19H21F2N3O/c1-24-10-12(18(23-24)19(20)21)8-17(25)22-16-5-3-2-4-13(16)15-9-14(15)11-6-7-11/h2-5,10-11,14-15,19H,6-9H2,1H3,(H,22,25). The van der Waals surface area contributed by atoms with Gasteiger partial charge in [0.2, 0.25) is 5.91 Å². The second-order valence-corrected chi connectivity index (χ2v) is 7.17. The second kappa shape index (κ2) is 6.24. The number of alkyl halides is 2. The Hall–Kier alpha value is -2.24. The van der Waals surface area contributed by atoms with Crippen molar-refractivity contribution in [2.75, 3.05) is 5.32 Å². The van der Waals surface area contributed by atoms with E-state index >= 15 is 0 Å². The Balaban J connectivity index is 1.47.